The fourth-order valence-corrected chi connectivity index (χ4v) is 2.32. The van der Waals surface area contributed by atoms with Gasteiger partial charge in [0.25, 0.3) is 5.91 Å². The molecule has 2 atom stereocenters. The molecule has 1 aromatic rings. The molecular formula is C15H19N3O6. The number of carbonyl (C=O) groups excluding carboxylic acids is 2. The highest BCUT2D eigenvalue weighted by molar-refractivity contribution is 5.96. The van der Waals surface area contributed by atoms with Gasteiger partial charge in [-0.15, -0.1) is 0 Å². The highest BCUT2D eigenvalue weighted by Crippen LogP contribution is 2.27. The molecule has 130 valence electrons. The maximum Gasteiger partial charge on any atom is 0.404 e. The van der Waals surface area contributed by atoms with Crippen LogP contribution in [0.25, 0.3) is 0 Å². The first-order valence-electron chi connectivity index (χ1n) is 7.37. The maximum absolute atomic E-state index is 10.9. The average molecular weight is 337 g/mol. The van der Waals surface area contributed by atoms with Crippen LogP contribution in [0.1, 0.15) is 10.4 Å². The molecular weight excluding hydrogens is 318 g/mol. The number of hydrogen-bond acceptors (Lipinski definition) is 6. The molecule has 0 bridgehead atoms. The van der Waals surface area contributed by atoms with Crippen LogP contribution in [0.15, 0.2) is 18.2 Å². The molecule has 2 aliphatic rings. The molecule has 1 aromatic carbocycles. The fraction of sp³-hybridized carbons (Fsp3) is 0.400. The second-order valence-corrected chi connectivity index (χ2v) is 5.38. The molecule has 2 heterocycles. The molecule has 1 saturated heterocycles. The van der Waals surface area contributed by atoms with Gasteiger partial charge in [-0.05, 0) is 18.2 Å². The number of ether oxygens (including phenoxy) is 1. The number of anilines is 1. The van der Waals surface area contributed by atoms with Gasteiger partial charge < -0.3 is 30.9 Å². The van der Waals surface area contributed by atoms with Crippen molar-refractivity contribution in [3.05, 3.63) is 23.8 Å². The lowest BCUT2D eigenvalue weighted by Crippen LogP contribution is -2.33. The number of carbonyl (C=O) groups is 3. The van der Waals surface area contributed by atoms with Crippen LogP contribution in [0, 0.1) is 5.92 Å². The minimum atomic E-state index is -1.04. The summed E-state index contributed by atoms with van der Waals surface area (Å²) in [5.41, 5.74) is 1.07. The van der Waals surface area contributed by atoms with Crippen LogP contribution in [0.3, 0.4) is 0 Å². The van der Waals surface area contributed by atoms with Crippen molar-refractivity contribution in [1.29, 1.82) is 0 Å². The number of carboxylic acid groups (broad SMARTS) is 1. The number of aliphatic hydroxyl groups excluding tert-OH is 1. The van der Waals surface area contributed by atoms with Gasteiger partial charge in [-0.2, -0.15) is 0 Å². The Bertz CT molecular complexity index is 621. The van der Waals surface area contributed by atoms with Gasteiger partial charge in [0, 0.05) is 31.1 Å². The summed E-state index contributed by atoms with van der Waals surface area (Å²) in [5.74, 6) is 0.423. The zero-order valence-corrected chi connectivity index (χ0v) is 12.8. The predicted octanol–water partition coefficient (Wildman–Crippen LogP) is -0.336. The Morgan fingerprint density at radius 2 is 2.21 bits per heavy atom. The number of aliphatic hydroxyl groups is 1. The number of β-amino-alcohol motifs (C(OH)–C–C–N with tert-alkyl or cyclic N) is 1. The van der Waals surface area contributed by atoms with Gasteiger partial charge in [0.2, 0.25) is 0 Å². The van der Waals surface area contributed by atoms with Crippen molar-refractivity contribution in [3.8, 4) is 5.75 Å². The summed E-state index contributed by atoms with van der Waals surface area (Å²) in [4.78, 5) is 31.4. The fourth-order valence-electron chi connectivity index (χ4n) is 2.32. The van der Waals surface area contributed by atoms with Crippen LogP contribution >= 0.6 is 0 Å². The third kappa shape index (κ3) is 4.93. The van der Waals surface area contributed by atoms with Crippen molar-refractivity contribution in [2.75, 3.05) is 31.6 Å². The van der Waals surface area contributed by atoms with E-state index >= 15 is 0 Å². The third-order valence-corrected chi connectivity index (χ3v) is 3.59. The molecule has 0 aliphatic carbocycles. The molecule has 1 fully saturated rings. The summed E-state index contributed by atoms with van der Waals surface area (Å²) in [6, 6.07) is 4.89. The Hall–Kier alpha value is -2.65. The van der Waals surface area contributed by atoms with E-state index in [1.807, 2.05) is 0 Å². The largest absolute Gasteiger partial charge is 0.482 e. The van der Waals surface area contributed by atoms with Crippen molar-refractivity contribution in [2.24, 2.45) is 5.92 Å². The lowest BCUT2D eigenvalue weighted by molar-refractivity contribution is -0.118. The molecule has 0 saturated carbocycles. The molecule has 5 N–H and O–H groups in total. The molecule has 0 unspecified atom stereocenters. The van der Waals surface area contributed by atoms with Crippen LogP contribution in [0.4, 0.5) is 10.5 Å². The molecule has 9 heteroatoms. The minimum absolute atomic E-state index is 0.0195. The number of nitrogens with one attached hydrogen (secondary N) is 3. The van der Waals surface area contributed by atoms with Gasteiger partial charge in [-0.3, -0.25) is 9.59 Å². The zero-order valence-electron chi connectivity index (χ0n) is 12.8. The lowest BCUT2D eigenvalue weighted by atomic mass is 10.1. The minimum Gasteiger partial charge on any atom is -0.482 e. The van der Waals surface area contributed by atoms with Crippen LogP contribution in [-0.4, -0.2) is 60.8 Å². The number of amides is 2. The smallest absolute Gasteiger partial charge is 0.404 e. The first kappa shape index (κ1) is 17.7. The van der Waals surface area contributed by atoms with Crippen molar-refractivity contribution in [3.63, 3.8) is 0 Å². The number of fused-ring (bicyclic) bond motifs is 1. The van der Waals surface area contributed by atoms with E-state index in [-0.39, 0.29) is 18.4 Å². The van der Waals surface area contributed by atoms with E-state index in [0.717, 1.165) is 6.29 Å². The van der Waals surface area contributed by atoms with Gasteiger partial charge in [0.1, 0.15) is 12.0 Å². The molecule has 0 radical (unpaired) electrons. The van der Waals surface area contributed by atoms with E-state index in [1.54, 1.807) is 18.2 Å². The van der Waals surface area contributed by atoms with Crippen LogP contribution < -0.4 is 20.7 Å². The second kappa shape index (κ2) is 8.27. The van der Waals surface area contributed by atoms with Crippen LogP contribution in [0.2, 0.25) is 0 Å². The lowest BCUT2D eigenvalue weighted by Gasteiger charge is -2.17. The second-order valence-electron chi connectivity index (χ2n) is 5.38. The summed E-state index contributed by atoms with van der Waals surface area (Å²) in [6.45, 7) is 1.60. The summed E-state index contributed by atoms with van der Waals surface area (Å²) < 4.78 is 5.11. The van der Waals surface area contributed by atoms with Crippen molar-refractivity contribution >= 4 is 24.0 Å². The summed E-state index contributed by atoms with van der Waals surface area (Å²) >= 11 is 0. The van der Waals surface area contributed by atoms with Gasteiger partial charge in [-0.25, -0.2) is 4.79 Å². The normalized spacial score (nSPS) is 21.5. The quantitative estimate of drug-likeness (QED) is 0.476. The van der Waals surface area contributed by atoms with E-state index in [4.69, 9.17) is 9.84 Å². The van der Waals surface area contributed by atoms with E-state index in [9.17, 15) is 19.5 Å². The van der Waals surface area contributed by atoms with Crippen molar-refractivity contribution < 1.29 is 29.3 Å². The first-order chi connectivity index (χ1) is 11.5. The van der Waals surface area contributed by atoms with Crippen molar-refractivity contribution in [1.82, 2.24) is 10.6 Å². The summed E-state index contributed by atoms with van der Waals surface area (Å²) in [5, 5.41) is 25.3. The Labute approximate surface area is 138 Å². The summed E-state index contributed by atoms with van der Waals surface area (Å²) in [6.07, 6.45) is -0.730. The highest BCUT2D eigenvalue weighted by atomic mass is 16.5. The standard InChI is InChI=1S/C9H7NO3.C6H12N2O3/c11-4-6-1-2-8-7(3-6)10-9(12)5-13-8;9-5-3-7-1-4(5)2-8-6(10)11/h1-4H,5H2,(H,10,12);4-5,7-9H,1-3H2,(H,10,11)/t;4-,5-/m.1/s1. The molecule has 2 aliphatic heterocycles. The number of hydrogen-bond donors (Lipinski definition) is 5. The predicted molar refractivity (Wildman–Crippen MR) is 84.3 cm³/mol. The SMILES string of the molecule is O=C(O)NC[C@H]1CNC[C@H]1O.O=Cc1ccc2c(c1)NC(=O)CO2. The Morgan fingerprint density at radius 1 is 1.42 bits per heavy atom. The van der Waals surface area contributed by atoms with Crippen molar-refractivity contribution in [2.45, 2.75) is 6.10 Å². The molecule has 24 heavy (non-hydrogen) atoms. The van der Waals surface area contributed by atoms with Crippen LogP contribution in [0.5, 0.6) is 5.75 Å². The Morgan fingerprint density at radius 3 is 2.83 bits per heavy atom. The zero-order chi connectivity index (χ0) is 17.5. The average Bonchev–Trinajstić information content (AvgIpc) is 2.98. The topological polar surface area (TPSA) is 137 Å². The maximum atomic E-state index is 10.9. The molecule has 2 amide bonds. The van der Waals surface area contributed by atoms with E-state index in [1.165, 1.54) is 0 Å². The molecule has 0 aromatic heterocycles. The van der Waals surface area contributed by atoms with Gasteiger partial charge in [0.05, 0.1) is 11.8 Å². The number of rotatable bonds is 3. The van der Waals surface area contributed by atoms with E-state index < -0.39 is 12.2 Å². The monoisotopic (exact) mass is 337 g/mol. The molecule has 0 spiro atoms. The van der Waals surface area contributed by atoms with E-state index in [2.05, 4.69) is 16.0 Å². The molecule has 9 nitrogen and oxygen atoms in total. The molecule has 3 rings (SSSR count). The summed E-state index contributed by atoms with van der Waals surface area (Å²) in [7, 11) is 0. The number of benzene rings is 1. The highest BCUT2D eigenvalue weighted by Gasteiger charge is 2.24. The van der Waals surface area contributed by atoms with Gasteiger partial charge >= 0.3 is 6.09 Å². The third-order valence-electron chi connectivity index (χ3n) is 3.59. The van der Waals surface area contributed by atoms with E-state index in [0.29, 0.717) is 36.6 Å². The van der Waals surface area contributed by atoms with Gasteiger partial charge in [-0.1, -0.05) is 0 Å². The van der Waals surface area contributed by atoms with Crippen LogP contribution in [-0.2, 0) is 4.79 Å². The van der Waals surface area contributed by atoms with Gasteiger partial charge in [0.15, 0.2) is 6.61 Å². The Balaban J connectivity index is 0.000000177. The number of aldehydes is 1. The first-order valence-corrected chi connectivity index (χ1v) is 7.37. The Kier molecular flexibility index (Phi) is 6.10.